The first-order valence-corrected chi connectivity index (χ1v) is 6.43. The van der Waals surface area contributed by atoms with Gasteiger partial charge in [-0.25, -0.2) is 0 Å². The molecule has 2 rings (SSSR count). The van der Waals surface area contributed by atoms with E-state index in [-0.39, 0.29) is 23.8 Å². The van der Waals surface area contributed by atoms with E-state index >= 15 is 0 Å². The summed E-state index contributed by atoms with van der Waals surface area (Å²) in [5.74, 6) is -0.314. The highest BCUT2D eigenvalue weighted by molar-refractivity contribution is 5.90. The van der Waals surface area contributed by atoms with E-state index in [1.54, 1.807) is 10.9 Å². The summed E-state index contributed by atoms with van der Waals surface area (Å²) in [5.41, 5.74) is 1.66. The molecule has 1 amide bonds. The van der Waals surface area contributed by atoms with Crippen LogP contribution >= 0.6 is 0 Å². The molecule has 0 spiro atoms. The van der Waals surface area contributed by atoms with Crippen LogP contribution in [0.3, 0.4) is 0 Å². The van der Waals surface area contributed by atoms with E-state index in [0.717, 1.165) is 5.69 Å². The molecule has 9 heteroatoms. The van der Waals surface area contributed by atoms with Crippen LogP contribution in [0.5, 0.6) is 0 Å². The van der Waals surface area contributed by atoms with Gasteiger partial charge < -0.3 is 5.32 Å². The molecular weight excluding hydrogens is 276 g/mol. The van der Waals surface area contributed by atoms with Gasteiger partial charge in [-0.15, -0.1) is 0 Å². The van der Waals surface area contributed by atoms with Crippen LogP contribution in [0, 0.1) is 24.0 Å². The molecule has 2 aromatic heterocycles. The summed E-state index contributed by atoms with van der Waals surface area (Å²) in [6, 6.07) is 0. The SMILES string of the molecule is CCn1ncc(NC(=O)Cn2cc([N+](=O)[O-])c(C)n2)c1C. The molecule has 0 aliphatic heterocycles. The second-order valence-corrected chi connectivity index (χ2v) is 4.56. The lowest BCUT2D eigenvalue weighted by Gasteiger charge is -2.05. The number of carbonyl (C=O) groups excluding carboxylic acids is 1. The van der Waals surface area contributed by atoms with Crippen molar-refractivity contribution in [2.45, 2.75) is 33.9 Å². The lowest BCUT2D eigenvalue weighted by atomic mass is 10.4. The topological polar surface area (TPSA) is 108 Å². The molecular formula is C12H16N6O3. The monoisotopic (exact) mass is 292 g/mol. The molecule has 21 heavy (non-hydrogen) atoms. The van der Waals surface area contributed by atoms with Gasteiger partial charge in [-0.05, 0) is 20.8 Å². The highest BCUT2D eigenvalue weighted by atomic mass is 16.6. The summed E-state index contributed by atoms with van der Waals surface area (Å²) >= 11 is 0. The van der Waals surface area contributed by atoms with Crippen molar-refractivity contribution in [2.75, 3.05) is 5.32 Å². The number of aromatic nitrogens is 4. The van der Waals surface area contributed by atoms with E-state index in [4.69, 9.17) is 0 Å². The fourth-order valence-electron chi connectivity index (χ4n) is 1.99. The predicted molar refractivity (Wildman–Crippen MR) is 74.9 cm³/mol. The molecule has 1 N–H and O–H groups in total. The van der Waals surface area contributed by atoms with Crippen LogP contribution in [-0.2, 0) is 17.9 Å². The molecule has 2 heterocycles. The van der Waals surface area contributed by atoms with E-state index in [9.17, 15) is 14.9 Å². The first kappa shape index (κ1) is 14.7. The third-order valence-electron chi connectivity index (χ3n) is 3.10. The summed E-state index contributed by atoms with van der Waals surface area (Å²) in [6.07, 6.45) is 2.82. The predicted octanol–water partition coefficient (Wildman–Crippen LogP) is 1.26. The summed E-state index contributed by atoms with van der Waals surface area (Å²) in [7, 11) is 0. The van der Waals surface area contributed by atoms with E-state index in [1.807, 2.05) is 13.8 Å². The third kappa shape index (κ3) is 3.07. The van der Waals surface area contributed by atoms with Gasteiger partial charge in [-0.2, -0.15) is 10.2 Å². The summed E-state index contributed by atoms with van der Waals surface area (Å²) in [6.45, 7) is 5.96. The van der Waals surface area contributed by atoms with Gasteiger partial charge in [-0.3, -0.25) is 24.3 Å². The quantitative estimate of drug-likeness (QED) is 0.659. The van der Waals surface area contributed by atoms with Crippen molar-refractivity contribution >= 4 is 17.3 Å². The molecule has 0 saturated heterocycles. The standard InChI is InChI=1S/C12H16N6O3/c1-4-17-9(3)10(5-13-17)14-12(19)7-16-6-11(18(20)21)8(2)15-16/h5-6H,4,7H2,1-3H3,(H,14,19). The Hall–Kier alpha value is -2.71. The van der Waals surface area contributed by atoms with Gasteiger partial charge in [0.15, 0.2) is 0 Å². The Kier molecular flexibility index (Phi) is 4.01. The zero-order chi connectivity index (χ0) is 15.6. The molecule has 2 aromatic rings. The Bertz CT molecular complexity index is 687. The number of hydrogen-bond acceptors (Lipinski definition) is 5. The molecule has 0 saturated carbocycles. The lowest BCUT2D eigenvalue weighted by Crippen LogP contribution is -2.19. The van der Waals surface area contributed by atoms with Gasteiger partial charge in [0, 0.05) is 6.54 Å². The van der Waals surface area contributed by atoms with Crippen LogP contribution in [0.25, 0.3) is 0 Å². The number of anilines is 1. The van der Waals surface area contributed by atoms with Crippen molar-refractivity contribution in [3.8, 4) is 0 Å². The van der Waals surface area contributed by atoms with E-state index in [0.29, 0.717) is 12.2 Å². The summed E-state index contributed by atoms with van der Waals surface area (Å²) in [5, 5.41) is 21.5. The van der Waals surface area contributed by atoms with Crippen molar-refractivity contribution in [2.24, 2.45) is 0 Å². The first-order valence-electron chi connectivity index (χ1n) is 6.43. The molecule has 0 atom stereocenters. The van der Waals surface area contributed by atoms with Crippen LogP contribution in [0.2, 0.25) is 0 Å². The molecule has 9 nitrogen and oxygen atoms in total. The van der Waals surface area contributed by atoms with E-state index in [2.05, 4.69) is 15.5 Å². The number of nitrogens with one attached hydrogen (secondary N) is 1. The molecule has 0 bridgehead atoms. The highest BCUT2D eigenvalue weighted by Gasteiger charge is 2.17. The number of nitrogens with zero attached hydrogens (tertiary/aromatic N) is 5. The Morgan fingerprint density at radius 3 is 2.71 bits per heavy atom. The number of amides is 1. The molecule has 0 radical (unpaired) electrons. The molecule has 0 fully saturated rings. The number of rotatable bonds is 5. The van der Waals surface area contributed by atoms with Crippen LogP contribution in [0.4, 0.5) is 11.4 Å². The molecule has 0 unspecified atom stereocenters. The van der Waals surface area contributed by atoms with E-state index < -0.39 is 4.92 Å². The van der Waals surface area contributed by atoms with Gasteiger partial charge in [0.2, 0.25) is 5.91 Å². The molecule has 0 aliphatic carbocycles. The molecule has 0 aromatic carbocycles. The fourth-order valence-corrected chi connectivity index (χ4v) is 1.99. The second-order valence-electron chi connectivity index (χ2n) is 4.56. The van der Waals surface area contributed by atoms with Crippen molar-refractivity contribution in [3.05, 3.63) is 33.9 Å². The Labute approximate surface area is 120 Å². The molecule has 0 aliphatic rings. The van der Waals surface area contributed by atoms with Crippen molar-refractivity contribution in [1.29, 1.82) is 0 Å². The Balaban J connectivity index is 2.06. The average Bonchev–Trinajstić information content (AvgIpc) is 2.94. The maximum atomic E-state index is 11.9. The number of carbonyl (C=O) groups is 1. The van der Waals surface area contributed by atoms with Gasteiger partial charge >= 0.3 is 5.69 Å². The second kappa shape index (κ2) is 5.73. The fraction of sp³-hybridized carbons (Fsp3) is 0.417. The van der Waals surface area contributed by atoms with Gasteiger partial charge in [0.05, 0.1) is 22.5 Å². The normalized spacial score (nSPS) is 10.6. The minimum Gasteiger partial charge on any atom is -0.322 e. The number of aryl methyl sites for hydroxylation is 2. The maximum Gasteiger partial charge on any atom is 0.309 e. The summed E-state index contributed by atoms with van der Waals surface area (Å²) in [4.78, 5) is 22.2. The first-order chi connectivity index (χ1) is 9.92. The zero-order valence-electron chi connectivity index (χ0n) is 12.0. The minimum atomic E-state index is -0.522. The van der Waals surface area contributed by atoms with E-state index in [1.165, 1.54) is 17.8 Å². The Morgan fingerprint density at radius 2 is 2.19 bits per heavy atom. The van der Waals surface area contributed by atoms with Crippen LogP contribution < -0.4 is 5.32 Å². The van der Waals surface area contributed by atoms with Crippen molar-refractivity contribution in [3.63, 3.8) is 0 Å². The van der Waals surface area contributed by atoms with Crippen LogP contribution in [-0.4, -0.2) is 30.4 Å². The number of nitro groups is 1. The summed E-state index contributed by atoms with van der Waals surface area (Å²) < 4.78 is 3.01. The van der Waals surface area contributed by atoms with Crippen LogP contribution in [0.1, 0.15) is 18.3 Å². The maximum absolute atomic E-state index is 11.9. The van der Waals surface area contributed by atoms with Gasteiger partial charge in [0.1, 0.15) is 18.4 Å². The minimum absolute atomic E-state index is 0.0918. The van der Waals surface area contributed by atoms with Gasteiger partial charge in [-0.1, -0.05) is 0 Å². The largest absolute Gasteiger partial charge is 0.322 e. The van der Waals surface area contributed by atoms with Crippen LogP contribution in [0.15, 0.2) is 12.4 Å². The van der Waals surface area contributed by atoms with Crippen molar-refractivity contribution in [1.82, 2.24) is 19.6 Å². The third-order valence-corrected chi connectivity index (χ3v) is 3.10. The smallest absolute Gasteiger partial charge is 0.309 e. The zero-order valence-corrected chi connectivity index (χ0v) is 12.0. The lowest BCUT2D eigenvalue weighted by molar-refractivity contribution is -0.385. The number of hydrogen-bond donors (Lipinski definition) is 1. The van der Waals surface area contributed by atoms with Crippen molar-refractivity contribution < 1.29 is 9.72 Å². The average molecular weight is 292 g/mol. The Morgan fingerprint density at radius 1 is 1.48 bits per heavy atom. The highest BCUT2D eigenvalue weighted by Crippen LogP contribution is 2.16. The van der Waals surface area contributed by atoms with Gasteiger partial charge in [0.25, 0.3) is 0 Å². The molecule has 112 valence electrons.